The topological polar surface area (TPSA) is 90.5 Å². The van der Waals surface area contributed by atoms with E-state index in [0.717, 1.165) is 11.6 Å². The number of benzene rings is 1. The highest BCUT2D eigenvalue weighted by Gasteiger charge is 2.28. The molecule has 0 spiro atoms. The number of carbonyl (C=O) groups excluding carboxylic acids is 1. The maximum absolute atomic E-state index is 14.7. The zero-order chi connectivity index (χ0) is 17.4. The third kappa shape index (κ3) is 2.47. The van der Waals surface area contributed by atoms with Crippen LogP contribution in [0.4, 0.5) is 10.1 Å². The highest BCUT2D eigenvalue weighted by atomic mass is 19.1. The molecule has 1 amide bonds. The molecule has 0 fully saturated rings. The summed E-state index contributed by atoms with van der Waals surface area (Å²) in [6.07, 6.45) is 2.02. The summed E-state index contributed by atoms with van der Waals surface area (Å²) in [6.45, 7) is 2.34. The number of methoxy groups -OCH3 is 1. The van der Waals surface area contributed by atoms with Crippen LogP contribution < -0.4 is 4.74 Å². The van der Waals surface area contributed by atoms with Crippen molar-refractivity contribution in [3.63, 3.8) is 0 Å². The first-order valence-corrected chi connectivity index (χ1v) is 7.26. The van der Waals surface area contributed by atoms with Crippen LogP contribution in [0.3, 0.4) is 0 Å². The lowest BCUT2D eigenvalue weighted by molar-refractivity contribution is -0.387. The Kier molecular flexibility index (Phi) is 3.92. The Balaban J connectivity index is 2.13. The number of aromatic nitrogens is 2. The Morgan fingerprint density at radius 2 is 2.21 bits per heavy atom. The van der Waals surface area contributed by atoms with Crippen LogP contribution in [0.25, 0.3) is 5.69 Å². The lowest BCUT2D eigenvalue weighted by Gasteiger charge is -2.26. The van der Waals surface area contributed by atoms with E-state index in [0.29, 0.717) is 25.2 Å². The van der Waals surface area contributed by atoms with Crippen molar-refractivity contribution < 1.29 is 18.8 Å². The normalized spacial score (nSPS) is 13.5. The van der Waals surface area contributed by atoms with Gasteiger partial charge in [0.15, 0.2) is 0 Å². The van der Waals surface area contributed by atoms with Gasteiger partial charge in [0.2, 0.25) is 11.7 Å². The zero-order valence-corrected chi connectivity index (χ0v) is 13.2. The summed E-state index contributed by atoms with van der Waals surface area (Å²) >= 11 is 0. The molecule has 0 bridgehead atoms. The van der Waals surface area contributed by atoms with Crippen molar-refractivity contribution in [2.75, 3.05) is 13.7 Å². The van der Waals surface area contributed by atoms with Crippen LogP contribution in [0.2, 0.25) is 0 Å². The Morgan fingerprint density at radius 3 is 2.83 bits per heavy atom. The number of ether oxygens (including phenoxy) is 1. The van der Waals surface area contributed by atoms with E-state index in [4.69, 9.17) is 4.74 Å². The van der Waals surface area contributed by atoms with E-state index in [9.17, 15) is 19.3 Å². The van der Waals surface area contributed by atoms with Gasteiger partial charge in [-0.05, 0) is 6.07 Å². The van der Waals surface area contributed by atoms with Crippen molar-refractivity contribution in [2.45, 2.75) is 19.9 Å². The summed E-state index contributed by atoms with van der Waals surface area (Å²) in [5, 5.41) is 15.2. The summed E-state index contributed by atoms with van der Waals surface area (Å²) in [5.41, 5.74) is 0.759. The molecular weight excluding hydrogens is 319 g/mol. The maximum atomic E-state index is 14.7. The lowest BCUT2D eigenvalue weighted by Crippen LogP contribution is -2.34. The number of nitrogens with zero attached hydrogens (tertiary/aromatic N) is 4. The fourth-order valence-electron chi connectivity index (χ4n) is 2.83. The molecule has 0 unspecified atom stereocenters. The Hall–Kier alpha value is -2.97. The van der Waals surface area contributed by atoms with Gasteiger partial charge in [-0.3, -0.25) is 14.9 Å². The summed E-state index contributed by atoms with van der Waals surface area (Å²) in [4.78, 5) is 23.4. The number of fused-ring (bicyclic) bond motifs is 1. The van der Waals surface area contributed by atoms with Crippen LogP contribution in [0.15, 0.2) is 18.3 Å². The highest BCUT2D eigenvalue weighted by Crippen LogP contribution is 2.34. The Labute approximate surface area is 136 Å². The Bertz CT molecular complexity index is 833. The molecule has 126 valence electrons. The Morgan fingerprint density at radius 1 is 1.46 bits per heavy atom. The largest absolute Gasteiger partial charge is 0.494 e. The lowest BCUT2D eigenvalue weighted by atomic mass is 10.1. The predicted octanol–water partition coefficient (Wildman–Crippen LogP) is 1.83. The first kappa shape index (κ1) is 15.9. The summed E-state index contributed by atoms with van der Waals surface area (Å²) in [7, 11) is 1.36. The summed E-state index contributed by atoms with van der Waals surface area (Å²) in [5.74, 6) is -0.898. The van der Waals surface area contributed by atoms with Crippen molar-refractivity contribution in [3.8, 4) is 11.4 Å². The van der Waals surface area contributed by atoms with E-state index in [-0.39, 0.29) is 17.3 Å². The van der Waals surface area contributed by atoms with Gasteiger partial charge in [-0.15, -0.1) is 0 Å². The summed E-state index contributed by atoms with van der Waals surface area (Å²) < 4.78 is 21.1. The average molecular weight is 334 g/mol. The molecule has 24 heavy (non-hydrogen) atoms. The molecule has 1 aromatic carbocycles. The molecule has 2 heterocycles. The summed E-state index contributed by atoms with van der Waals surface area (Å²) in [6, 6.07) is 2.40. The number of rotatable bonds is 3. The number of hydrogen-bond donors (Lipinski definition) is 0. The van der Waals surface area contributed by atoms with Crippen molar-refractivity contribution in [2.24, 2.45) is 0 Å². The molecule has 0 saturated heterocycles. The van der Waals surface area contributed by atoms with Crippen molar-refractivity contribution in [1.29, 1.82) is 0 Å². The van der Waals surface area contributed by atoms with Gasteiger partial charge in [-0.1, -0.05) is 0 Å². The molecule has 1 aliphatic rings. The minimum Gasteiger partial charge on any atom is -0.494 e. The molecule has 0 saturated carbocycles. The van der Waals surface area contributed by atoms with Crippen LogP contribution in [0.5, 0.6) is 5.75 Å². The van der Waals surface area contributed by atoms with E-state index in [1.807, 2.05) is 0 Å². The molecule has 0 radical (unpaired) electrons. The van der Waals surface area contributed by atoms with Crippen LogP contribution in [-0.4, -0.2) is 39.2 Å². The smallest absolute Gasteiger partial charge is 0.307 e. The second-order valence-corrected chi connectivity index (χ2v) is 5.43. The van der Waals surface area contributed by atoms with Crippen molar-refractivity contribution >= 4 is 11.6 Å². The van der Waals surface area contributed by atoms with Gasteiger partial charge in [-0.25, -0.2) is 4.68 Å². The second kappa shape index (κ2) is 5.91. The van der Waals surface area contributed by atoms with E-state index in [1.54, 1.807) is 11.1 Å². The van der Waals surface area contributed by atoms with Gasteiger partial charge in [0.1, 0.15) is 11.4 Å². The fourth-order valence-corrected chi connectivity index (χ4v) is 2.83. The number of hydrogen-bond acceptors (Lipinski definition) is 5. The van der Waals surface area contributed by atoms with Crippen LogP contribution >= 0.6 is 0 Å². The molecular formula is C15H15FN4O4. The van der Waals surface area contributed by atoms with E-state index >= 15 is 0 Å². The third-order valence-electron chi connectivity index (χ3n) is 4.07. The molecule has 1 aliphatic heterocycles. The molecule has 0 atom stereocenters. The average Bonchev–Trinajstić information content (AvgIpc) is 2.96. The SMILES string of the molecule is COc1ccc([N+](=O)[O-])c(F)c1-n1ncc2c1CCN(C(C)=O)C2. The zero-order valence-electron chi connectivity index (χ0n) is 13.2. The highest BCUT2D eigenvalue weighted by molar-refractivity contribution is 5.73. The fraction of sp³-hybridized carbons (Fsp3) is 0.333. The quantitative estimate of drug-likeness (QED) is 0.631. The van der Waals surface area contributed by atoms with Gasteiger partial charge in [-0.2, -0.15) is 9.49 Å². The number of halogens is 1. The molecule has 0 N–H and O–H groups in total. The van der Waals surface area contributed by atoms with Gasteiger partial charge >= 0.3 is 5.69 Å². The molecule has 2 aromatic rings. The van der Waals surface area contributed by atoms with Gasteiger partial charge in [0, 0.05) is 38.1 Å². The number of nitro benzene ring substituents is 1. The van der Waals surface area contributed by atoms with Crippen LogP contribution in [-0.2, 0) is 17.8 Å². The minimum atomic E-state index is -1.00. The second-order valence-electron chi connectivity index (χ2n) is 5.43. The third-order valence-corrected chi connectivity index (χ3v) is 4.07. The minimum absolute atomic E-state index is 0.0486. The maximum Gasteiger partial charge on any atom is 0.307 e. The monoisotopic (exact) mass is 334 g/mol. The van der Waals surface area contributed by atoms with Crippen LogP contribution in [0.1, 0.15) is 18.2 Å². The molecule has 9 heteroatoms. The van der Waals surface area contributed by atoms with Gasteiger partial charge < -0.3 is 9.64 Å². The van der Waals surface area contributed by atoms with E-state index in [2.05, 4.69) is 5.10 Å². The number of nitro groups is 1. The molecule has 3 rings (SSSR count). The standard InChI is InChI=1S/C15H15FN4O4/c1-9(21)18-6-5-11-10(8-18)7-17-19(11)15-13(24-2)4-3-12(14(15)16)20(22)23/h3-4,7H,5-6,8H2,1-2H3. The van der Waals surface area contributed by atoms with Crippen LogP contribution in [0, 0.1) is 15.9 Å². The van der Waals surface area contributed by atoms with Gasteiger partial charge in [0.05, 0.1) is 23.9 Å². The molecule has 1 aromatic heterocycles. The van der Waals surface area contributed by atoms with Crippen molar-refractivity contribution in [1.82, 2.24) is 14.7 Å². The van der Waals surface area contributed by atoms with Crippen molar-refractivity contribution in [3.05, 3.63) is 45.5 Å². The van der Waals surface area contributed by atoms with Gasteiger partial charge in [0.25, 0.3) is 0 Å². The first-order chi connectivity index (χ1) is 11.4. The van der Waals surface area contributed by atoms with E-state index < -0.39 is 16.4 Å². The molecule has 0 aliphatic carbocycles. The number of carbonyl (C=O) groups is 1. The number of amides is 1. The predicted molar refractivity (Wildman–Crippen MR) is 81.5 cm³/mol. The first-order valence-electron chi connectivity index (χ1n) is 7.26. The van der Waals surface area contributed by atoms with E-state index in [1.165, 1.54) is 24.8 Å². The molecule has 8 nitrogen and oxygen atoms in total.